The molecule has 5 nitrogen and oxygen atoms in total. The summed E-state index contributed by atoms with van der Waals surface area (Å²) in [5, 5.41) is 3.66. The first-order valence-electron chi connectivity index (χ1n) is 10.1. The van der Waals surface area contributed by atoms with Gasteiger partial charge in [-0.3, -0.25) is 9.59 Å². The molecule has 27 heavy (non-hydrogen) atoms. The van der Waals surface area contributed by atoms with Gasteiger partial charge in [0.25, 0.3) is 5.91 Å². The van der Waals surface area contributed by atoms with Crippen molar-refractivity contribution >= 4 is 24.2 Å². The van der Waals surface area contributed by atoms with Gasteiger partial charge in [-0.25, -0.2) is 0 Å². The monoisotopic (exact) mass is 391 g/mol. The SMILES string of the molecule is Cl.O=C1CCCN1Cc1ccc(C(=O)N2CCC(NCC3CC3)CC2)cc1. The Bertz CT molecular complexity index is 652. The van der Waals surface area contributed by atoms with Crippen LogP contribution in [0, 0.1) is 5.92 Å². The lowest BCUT2D eigenvalue weighted by Crippen LogP contribution is -2.45. The molecule has 3 fully saturated rings. The number of likely N-dealkylation sites (tertiary alicyclic amines) is 2. The first kappa shape index (κ1) is 20.2. The van der Waals surface area contributed by atoms with Crippen molar-refractivity contribution in [3.63, 3.8) is 0 Å². The van der Waals surface area contributed by atoms with E-state index in [9.17, 15) is 9.59 Å². The van der Waals surface area contributed by atoms with Crippen LogP contribution in [0.5, 0.6) is 0 Å². The van der Waals surface area contributed by atoms with Crippen molar-refractivity contribution in [1.82, 2.24) is 15.1 Å². The predicted molar refractivity (Wildman–Crippen MR) is 108 cm³/mol. The van der Waals surface area contributed by atoms with Crippen LogP contribution < -0.4 is 5.32 Å². The van der Waals surface area contributed by atoms with E-state index in [-0.39, 0.29) is 24.2 Å². The van der Waals surface area contributed by atoms with Gasteiger partial charge in [-0.1, -0.05) is 12.1 Å². The van der Waals surface area contributed by atoms with Gasteiger partial charge in [0.05, 0.1) is 0 Å². The zero-order chi connectivity index (χ0) is 17.9. The molecule has 2 saturated heterocycles. The van der Waals surface area contributed by atoms with Crippen LogP contribution >= 0.6 is 12.4 Å². The quantitative estimate of drug-likeness (QED) is 0.811. The summed E-state index contributed by atoms with van der Waals surface area (Å²) in [5.41, 5.74) is 1.85. The van der Waals surface area contributed by atoms with E-state index < -0.39 is 0 Å². The van der Waals surface area contributed by atoms with Gasteiger partial charge in [0.2, 0.25) is 5.91 Å². The second-order valence-corrected chi connectivity index (χ2v) is 8.03. The third-order valence-corrected chi connectivity index (χ3v) is 5.92. The molecular weight excluding hydrogens is 362 g/mol. The lowest BCUT2D eigenvalue weighted by molar-refractivity contribution is -0.128. The van der Waals surface area contributed by atoms with Crippen LogP contribution in [0.2, 0.25) is 0 Å². The molecule has 4 rings (SSSR count). The highest BCUT2D eigenvalue weighted by atomic mass is 35.5. The van der Waals surface area contributed by atoms with Crippen molar-refractivity contribution in [2.45, 2.75) is 51.1 Å². The number of carbonyl (C=O) groups is 2. The van der Waals surface area contributed by atoms with Crippen molar-refractivity contribution in [3.05, 3.63) is 35.4 Å². The smallest absolute Gasteiger partial charge is 0.253 e. The van der Waals surface area contributed by atoms with Crippen molar-refractivity contribution in [3.8, 4) is 0 Å². The van der Waals surface area contributed by atoms with E-state index in [1.807, 2.05) is 34.1 Å². The van der Waals surface area contributed by atoms with Crippen molar-refractivity contribution in [1.29, 1.82) is 0 Å². The number of benzene rings is 1. The molecule has 1 aromatic carbocycles. The highest BCUT2D eigenvalue weighted by Gasteiger charge is 2.26. The largest absolute Gasteiger partial charge is 0.339 e. The minimum absolute atomic E-state index is 0. The Hall–Kier alpha value is -1.59. The molecule has 0 spiro atoms. The Kier molecular flexibility index (Phi) is 6.77. The fraction of sp³-hybridized carbons (Fsp3) is 0.619. The summed E-state index contributed by atoms with van der Waals surface area (Å²) >= 11 is 0. The fourth-order valence-corrected chi connectivity index (χ4v) is 3.97. The van der Waals surface area contributed by atoms with Gasteiger partial charge in [-0.15, -0.1) is 12.4 Å². The molecule has 0 bridgehead atoms. The van der Waals surface area contributed by atoms with Gasteiger partial charge in [-0.2, -0.15) is 0 Å². The van der Waals surface area contributed by atoms with Crippen LogP contribution in [0.1, 0.15) is 54.4 Å². The maximum absolute atomic E-state index is 12.7. The fourth-order valence-electron chi connectivity index (χ4n) is 3.97. The summed E-state index contributed by atoms with van der Waals surface area (Å²) in [6.07, 6.45) is 6.49. The number of nitrogens with one attached hydrogen (secondary N) is 1. The molecule has 0 unspecified atom stereocenters. The van der Waals surface area contributed by atoms with Gasteiger partial charge in [0.1, 0.15) is 0 Å². The van der Waals surface area contributed by atoms with E-state index in [1.54, 1.807) is 0 Å². The average molecular weight is 392 g/mol. The molecule has 6 heteroatoms. The van der Waals surface area contributed by atoms with E-state index in [4.69, 9.17) is 0 Å². The highest BCUT2D eigenvalue weighted by molar-refractivity contribution is 5.94. The minimum atomic E-state index is 0. The summed E-state index contributed by atoms with van der Waals surface area (Å²) in [6, 6.07) is 8.37. The second kappa shape index (κ2) is 9.07. The number of hydrogen-bond acceptors (Lipinski definition) is 3. The van der Waals surface area contributed by atoms with Gasteiger partial charge >= 0.3 is 0 Å². The number of piperidine rings is 1. The topological polar surface area (TPSA) is 52.7 Å². The Morgan fingerprint density at radius 2 is 1.74 bits per heavy atom. The van der Waals surface area contributed by atoms with Crippen LogP contribution in [0.15, 0.2) is 24.3 Å². The van der Waals surface area contributed by atoms with Gasteiger partial charge < -0.3 is 15.1 Å². The zero-order valence-corrected chi connectivity index (χ0v) is 16.7. The van der Waals surface area contributed by atoms with Crippen molar-refractivity contribution in [2.75, 3.05) is 26.2 Å². The van der Waals surface area contributed by atoms with Gasteiger partial charge in [0.15, 0.2) is 0 Å². The number of rotatable bonds is 6. The van der Waals surface area contributed by atoms with E-state index in [0.29, 0.717) is 19.0 Å². The van der Waals surface area contributed by atoms with E-state index >= 15 is 0 Å². The molecule has 2 heterocycles. The summed E-state index contributed by atoms with van der Waals surface area (Å²) in [7, 11) is 0. The number of amides is 2. The van der Waals surface area contributed by atoms with Crippen LogP contribution in [0.4, 0.5) is 0 Å². The molecule has 0 atom stereocenters. The maximum atomic E-state index is 12.7. The molecule has 1 aromatic rings. The maximum Gasteiger partial charge on any atom is 0.253 e. The number of nitrogens with zero attached hydrogens (tertiary/aromatic N) is 2. The highest BCUT2D eigenvalue weighted by Crippen LogP contribution is 2.28. The zero-order valence-electron chi connectivity index (χ0n) is 15.9. The van der Waals surface area contributed by atoms with Crippen molar-refractivity contribution < 1.29 is 9.59 Å². The number of halogens is 1. The molecule has 1 N–H and O–H groups in total. The standard InChI is InChI=1S/C21H29N3O2.ClH/c25-20-2-1-11-24(20)15-17-5-7-18(8-6-17)21(26)23-12-9-19(10-13-23)22-14-16-3-4-16;/h5-8,16,19,22H,1-4,9-15H2;1H. The molecule has 2 aliphatic heterocycles. The first-order chi connectivity index (χ1) is 12.7. The first-order valence-corrected chi connectivity index (χ1v) is 10.1. The Balaban J connectivity index is 0.00000210. The normalized spacial score (nSPS) is 20.7. The third kappa shape index (κ3) is 5.23. The minimum Gasteiger partial charge on any atom is -0.339 e. The Morgan fingerprint density at radius 1 is 1.04 bits per heavy atom. The van der Waals surface area contributed by atoms with Crippen LogP contribution in [-0.4, -0.2) is 53.8 Å². The van der Waals surface area contributed by atoms with Crippen molar-refractivity contribution in [2.24, 2.45) is 5.92 Å². The summed E-state index contributed by atoms with van der Waals surface area (Å²) in [6.45, 7) is 4.34. The molecule has 3 aliphatic rings. The van der Waals surface area contributed by atoms with Crippen LogP contribution in [0.25, 0.3) is 0 Å². The van der Waals surface area contributed by atoms with Gasteiger partial charge in [0, 0.05) is 44.2 Å². The number of hydrogen-bond donors (Lipinski definition) is 1. The molecule has 0 aromatic heterocycles. The summed E-state index contributed by atoms with van der Waals surface area (Å²) in [4.78, 5) is 28.3. The summed E-state index contributed by atoms with van der Waals surface area (Å²) < 4.78 is 0. The Morgan fingerprint density at radius 3 is 2.33 bits per heavy atom. The lowest BCUT2D eigenvalue weighted by atomic mass is 10.0. The lowest BCUT2D eigenvalue weighted by Gasteiger charge is -2.32. The van der Waals surface area contributed by atoms with E-state index in [2.05, 4.69) is 5.32 Å². The second-order valence-electron chi connectivity index (χ2n) is 8.03. The molecule has 0 radical (unpaired) electrons. The van der Waals surface area contributed by atoms with E-state index in [1.165, 1.54) is 12.8 Å². The number of carbonyl (C=O) groups excluding carboxylic acids is 2. The average Bonchev–Trinajstić information content (AvgIpc) is 3.43. The predicted octanol–water partition coefficient (Wildman–Crippen LogP) is 2.84. The van der Waals surface area contributed by atoms with Crippen LogP contribution in [0.3, 0.4) is 0 Å². The van der Waals surface area contributed by atoms with Crippen LogP contribution in [-0.2, 0) is 11.3 Å². The molecule has 1 saturated carbocycles. The molecule has 2 amide bonds. The summed E-state index contributed by atoms with van der Waals surface area (Å²) in [5.74, 6) is 1.28. The molecule has 1 aliphatic carbocycles. The Labute approximate surface area is 167 Å². The molecule has 148 valence electrons. The van der Waals surface area contributed by atoms with Gasteiger partial charge in [-0.05, 0) is 62.3 Å². The third-order valence-electron chi connectivity index (χ3n) is 5.92. The molecular formula is C21H30ClN3O2. The van der Waals surface area contributed by atoms with E-state index in [0.717, 1.165) is 62.5 Å².